The highest BCUT2D eigenvalue weighted by atomic mass is 16.5. The smallest absolute Gasteiger partial charge is 0.131 e. The van der Waals surface area contributed by atoms with Crippen molar-refractivity contribution in [2.45, 2.75) is 20.5 Å². The van der Waals surface area contributed by atoms with Crippen LogP contribution in [-0.2, 0) is 11.3 Å². The number of hydrogen-bond donors (Lipinski definition) is 0. The van der Waals surface area contributed by atoms with E-state index >= 15 is 0 Å². The van der Waals surface area contributed by atoms with E-state index in [0.29, 0.717) is 6.61 Å². The van der Waals surface area contributed by atoms with Crippen molar-refractivity contribution in [3.8, 4) is 0 Å². The first-order valence-corrected chi connectivity index (χ1v) is 7.28. The zero-order valence-corrected chi connectivity index (χ0v) is 12.6. The molecule has 3 rings (SSSR count). The lowest BCUT2D eigenvalue weighted by Crippen LogP contribution is -2.18. The first kappa shape index (κ1) is 13.7. The molecule has 0 saturated carbocycles. The Kier molecular flexibility index (Phi) is 3.42. The molecule has 0 aliphatic carbocycles. The number of rotatable bonds is 3. The van der Waals surface area contributed by atoms with Crippen molar-refractivity contribution in [1.82, 2.24) is 0 Å². The molecule has 0 radical (unpaired) electrons. The largest absolute Gasteiger partial charge is 0.488 e. The van der Waals surface area contributed by atoms with E-state index in [0.717, 1.165) is 11.3 Å². The molecular weight excluding hydrogens is 256 g/mol. The van der Waals surface area contributed by atoms with Crippen LogP contribution in [-0.4, -0.2) is 0 Å². The van der Waals surface area contributed by atoms with Crippen LogP contribution in [0.2, 0.25) is 0 Å². The van der Waals surface area contributed by atoms with Crippen LogP contribution < -0.4 is 0 Å². The summed E-state index contributed by atoms with van der Waals surface area (Å²) in [5, 5.41) is 0. The van der Waals surface area contributed by atoms with E-state index in [9.17, 15) is 0 Å². The molecule has 2 aromatic rings. The van der Waals surface area contributed by atoms with Gasteiger partial charge in [0.25, 0.3) is 0 Å². The van der Waals surface area contributed by atoms with E-state index in [-0.39, 0.29) is 5.41 Å². The molecular formula is C20H20O. The molecule has 0 unspecified atom stereocenters. The molecule has 2 aromatic carbocycles. The number of hydrogen-bond acceptors (Lipinski definition) is 1. The zero-order chi connectivity index (χ0) is 14.9. The lowest BCUT2D eigenvalue weighted by molar-refractivity contribution is 0.257. The lowest BCUT2D eigenvalue weighted by atomic mass is 9.76. The number of fused-ring (bicyclic) bond motifs is 1. The van der Waals surface area contributed by atoms with Gasteiger partial charge in [-0.2, -0.15) is 0 Å². The van der Waals surface area contributed by atoms with Gasteiger partial charge in [-0.1, -0.05) is 74.5 Å². The minimum atomic E-state index is -0.151. The summed E-state index contributed by atoms with van der Waals surface area (Å²) in [4.78, 5) is 0. The summed E-state index contributed by atoms with van der Waals surface area (Å²) in [6.45, 7) is 9.01. The van der Waals surface area contributed by atoms with Crippen LogP contribution in [0.4, 0.5) is 0 Å². The highest BCUT2D eigenvalue weighted by molar-refractivity contribution is 5.92. The van der Waals surface area contributed by atoms with E-state index in [1.54, 1.807) is 0 Å². The van der Waals surface area contributed by atoms with Gasteiger partial charge in [0.05, 0.1) is 0 Å². The predicted molar refractivity (Wildman–Crippen MR) is 88.5 cm³/mol. The van der Waals surface area contributed by atoms with E-state index in [2.05, 4.69) is 56.8 Å². The quantitative estimate of drug-likeness (QED) is 0.691. The third-order valence-corrected chi connectivity index (χ3v) is 4.08. The molecule has 0 spiro atoms. The molecule has 1 heteroatoms. The Labute approximate surface area is 126 Å². The van der Waals surface area contributed by atoms with Crippen LogP contribution in [0.15, 0.2) is 67.3 Å². The Morgan fingerprint density at radius 3 is 2.38 bits per heavy atom. The van der Waals surface area contributed by atoms with Gasteiger partial charge >= 0.3 is 0 Å². The summed E-state index contributed by atoms with van der Waals surface area (Å²) >= 11 is 0. The second-order valence-corrected chi connectivity index (χ2v) is 5.94. The van der Waals surface area contributed by atoms with Gasteiger partial charge in [0, 0.05) is 16.6 Å². The van der Waals surface area contributed by atoms with Crippen LogP contribution in [0.5, 0.6) is 0 Å². The lowest BCUT2D eigenvalue weighted by Gasteiger charge is -2.32. The van der Waals surface area contributed by atoms with Gasteiger partial charge in [0.1, 0.15) is 12.4 Å². The van der Waals surface area contributed by atoms with Crippen molar-refractivity contribution in [1.29, 1.82) is 0 Å². The van der Waals surface area contributed by atoms with Gasteiger partial charge in [-0.05, 0) is 11.1 Å². The summed E-state index contributed by atoms with van der Waals surface area (Å²) < 4.78 is 6.12. The highest BCUT2D eigenvalue weighted by Gasteiger charge is 2.30. The molecule has 0 bridgehead atoms. The Morgan fingerprint density at radius 1 is 1.00 bits per heavy atom. The molecule has 0 aromatic heterocycles. The van der Waals surface area contributed by atoms with Crippen LogP contribution >= 0.6 is 0 Å². The molecule has 1 heterocycles. The Hall–Kier alpha value is -2.28. The van der Waals surface area contributed by atoms with Crippen molar-refractivity contribution in [2.75, 3.05) is 0 Å². The van der Waals surface area contributed by atoms with Crippen molar-refractivity contribution in [3.05, 3.63) is 83.9 Å². The minimum absolute atomic E-state index is 0.151. The molecule has 0 amide bonds. The van der Waals surface area contributed by atoms with E-state index in [4.69, 9.17) is 4.74 Å². The van der Waals surface area contributed by atoms with Crippen LogP contribution in [0.1, 0.15) is 30.5 Å². The van der Waals surface area contributed by atoms with Gasteiger partial charge in [-0.25, -0.2) is 0 Å². The average Bonchev–Trinajstić information content (AvgIpc) is 2.54. The van der Waals surface area contributed by atoms with E-state index < -0.39 is 0 Å². The molecule has 1 aliphatic heterocycles. The monoisotopic (exact) mass is 276 g/mol. The fourth-order valence-electron chi connectivity index (χ4n) is 2.79. The second kappa shape index (κ2) is 5.25. The predicted octanol–water partition coefficient (Wildman–Crippen LogP) is 5.30. The number of benzene rings is 2. The third kappa shape index (κ3) is 2.40. The molecule has 106 valence electrons. The maximum Gasteiger partial charge on any atom is 0.131 e. The number of allylic oxidation sites excluding steroid dienone is 2. The molecule has 1 nitrogen and oxygen atoms in total. The average molecular weight is 276 g/mol. The van der Waals surface area contributed by atoms with Crippen molar-refractivity contribution < 1.29 is 4.74 Å². The molecule has 0 N–H and O–H groups in total. The fourth-order valence-corrected chi connectivity index (χ4v) is 2.79. The summed E-state index contributed by atoms with van der Waals surface area (Å²) in [6, 6.07) is 18.8. The maximum atomic E-state index is 6.12. The van der Waals surface area contributed by atoms with E-state index in [1.807, 2.05) is 24.3 Å². The summed E-state index contributed by atoms with van der Waals surface area (Å²) in [7, 11) is 0. The Balaban J connectivity index is 2.29. The van der Waals surface area contributed by atoms with Gasteiger partial charge < -0.3 is 4.74 Å². The standard InChI is InChI=1S/C20H20O/c1-4-20(2,3)18-17-13-9-8-12-16(17)14-21-19(18)15-10-6-5-7-11-15/h4-13H,1,14H2,2-3H3. The van der Waals surface area contributed by atoms with Crippen molar-refractivity contribution in [3.63, 3.8) is 0 Å². The Bertz CT molecular complexity index is 693. The fraction of sp³-hybridized carbons (Fsp3) is 0.200. The van der Waals surface area contributed by atoms with E-state index in [1.165, 1.54) is 16.7 Å². The minimum Gasteiger partial charge on any atom is -0.488 e. The topological polar surface area (TPSA) is 9.23 Å². The van der Waals surface area contributed by atoms with Gasteiger partial charge in [0.15, 0.2) is 0 Å². The molecule has 0 saturated heterocycles. The first-order chi connectivity index (χ1) is 10.1. The molecule has 0 fully saturated rings. The normalized spacial score (nSPS) is 14.4. The van der Waals surface area contributed by atoms with Crippen molar-refractivity contribution >= 4 is 11.3 Å². The van der Waals surface area contributed by atoms with Crippen LogP contribution in [0.3, 0.4) is 0 Å². The Morgan fingerprint density at radius 2 is 1.67 bits per heavy atom. The maximum absolute atomic E-state index is 6.12. The van der Waals surface area contributed by atoms with Crippen LogP contribution in [0, 0.1) is 5.41 Å². The molecule has 1 aliphatic rings. The summed E-state index contributed by atoms with van der Waals surface area (Å²) in [5.74, 6) is 0.971. The third-order valence-electron chi connectivity index (χ3n) is 4.08. The summed E-state index contributed by atoms with van der Waals surface area (Å²) in [5.41, 5.74) is 4.69. The van der Waals surface area contributed by atoms with Gasteiger partial charge in [-0.3, -0.25) is 0 Å². The zero-order valence-electron chi connectivity index (χ0n) is 12.6. The van der Waals surface area contributed by atoms with Crippen LogP contribution in [0.25, 0.3) is 11.3 Å². The SMILES string of the molecule is C=CC(C)(C)C1=C(c2ccccc2)OCc2ccccc21. The second-order valence-electron chi connectivity index (χ2n) is 5.94. The highest BCUT2D eigenvalue weighted by Crippen LogP contribution is 2.45. The number of ether oxygens (including phenoxy) is 1. The van der Waals surface area contributed by atoms with Crippen molar-refractivity contribution in [2.24, 2.45) is 5.41 Å². The summed E-state index contributed by atoms with van der Waals surface area (Å²) in [6.07, 6.45) is 2.00. The van der Waals surface area contributed by atoms with Gasteiger partial charge in [0.2, 0.25) is 0 Å². The first-order valence-electron chi connectivity index (χ1n) is 7.28. The van der Waals surface area contributed by atoms with Gasteiger partial charge in [-0.15, -0.1) is 6.58 Å². The molecule has 21 heavy (non-hydrogen) atoms. The molecule has 0 atom stereocenters.